The van der Waals surface area contributed by atoms with E-state index in [1.165, 1.54) is 20.4 Å². The van der Waals surface area contributed by atoms with Gasteiger partial charge in [0.15, 0.2) is 5.69 Å². The van der Waals surface area contributed by atoms with Crippen molar-refractivity contribution in [2.24, 2.45) is 13.0 Å². The van der Waals surface area contributed by atoms with Crippen LogP contribution in [-0.2, 0) is 37.5 Å². The Bertz CT molecular complexity index is 866. The average molecular weight is 372 g/mol. The fraction of sp³-hybridized carbons (Fsp3) is 0.600. The van der Waals surface area contributed by atoms with E-state index in [1.54, 1.807) is 14.1 Å². The molecule has 0 saturated carbocycles. The van der Waals surface area contributed by atoms with Crippen molar-refractivity contribution in [3.8, 4) is 0 Å². The lowest BCUT2D eigenvalue weighted by Crippen LogP contribution is -2.39. The van der Waals surface area contributed by atoms with E-state index in [2.05, 4.69) is 10.1 Å². The molecular weight excluding hydrogens is 353 g/mol. The summed E-state index contributed by atoms with van der Waals surface area (Å²) in [5, 5.41) is 3.84. The maximum absolute atomic E-state index is 12.8. The summed E-state index contributed by atoms with van der Waals surface area (Å²) in [7, 11) is 3.15. The molecule has 0 aromatic carbocycles. The van der Waals surface area contributed by atoms with Gasteiger partial charge in [0, 0.05) is 39.8 Å². The van der Waals surface area contributed by atoms with Crippen LogP contribution in [0.2, 0.25) is 0 Å². The number of fused-ring (bicyclic) bond motifs is 1. The van der Waals surface area contributed by atoms with Crippen LogP contribution in [-0.4, -0.2) is 48.3 Å². The van der Waals surface area contributed by atoms with Crippen molar-refractivity contribution >= 4 is 5.91 Å². The first kappa shape index (κ1) is 18.2. The fourth-order valence-corrected chi connectivity index (χ4v) is 3.07. The number of alkyl halides is 3. The van der Waals surface area contributed by atoms with Crippen molar-refractivity contribution in [1.82, 2.24) is 28.8 Å². The van der Waals surface area contributed by atoms with Gasteiger partial charge in [-0.25, -0.2) is 14.5 Å². The van der Waals surface area contributed by atoms with Gasteiger partial charge in [0.05, 0.1) is 0 Å². The van der Waals surface area contributed by atoms with Gasteiger partial charge in [-0.05, 0) is 12.3 Å². The van der Waals surface area contributed by atoms with Gasteiger partial charge in [0.2, 0.25) is 5.91 Å². The number of amides is 1. The number of likely N-dealkylation sites (N-methyl/N-ethyl adjacent to an activating group) is 1. The van der Waals surface area contributed by atoms with E-state index in [1.807, 2.05) is 0 Å². The lowest BCUT2D eigenvalue weighted by molar-refractivity contribution is -0.141. The minimum Gasteiger partial charge on any atom is -0.344 e. The second kappa shape index (κ2) is 6.61. The Labute approximate surface area is 146 Å². The van der Waals surface area contributed by atoms with Crippen molar-refractivity contribution in [2.45, 2.75) is 32.1 Å². The molecule has 26 heavy (non-hydrogen) atoms. The van der Waals surface area contributed by atoms with Crippen LogP contribution in [0.5, 0.6) is 0 Å². The molecule has 8 nitrogen and oxygen atoms in total. The molecule has 2 aromatic heterocycles. The minimum absolute atomic E-state index is 0.0205. The highest BCUT2D eigenvalue weighted by molar-refractivity contribution is 5.75. The summed E-state index contributed by atoms with van der Waals surface area (Å²) < 4.78 is 42.1. The van der Waals surface area contributed by atoms with E-state index in [-0.39, 0.29) is 24.1 Å². The Morgan fingerprint density at radius 2 is 2.15 bits per heavy atom. The third-order valence-corrected chi connectivity index (χ3v) is 4.51. The maximum atomic E-state index is 12.8. The van der Waals surface area contributed by atoms with E-state index in [9.17, 15) is 22.8 Å². The summed E-state index contributed by atoms with van der Waals surface area (Å²) in [4.78, 5) is 29.1. The molecule has 0 unspecified atom stereocenters. The van der Waals surface area contributed by atoms with E-state index in [0.29, 0.717) is 31.8 Å². The number of hydrogen-bond donors (Lipinski definition) is 0. The molecule has 1 atom stereocenters. The zero-order valence-corrected chi connectivity index (χ0v) is 14.4. The van der Waals surface area contributed by atoms with Crippen LogP contribution in [0.3, 0.4) is 0 Å². The van der Waals surface area contributed by atoms with Crippen LogP contribution in [0.15, 0.2) is 17.3 Å². The number of imidazole rings is 1. The SMILES string of the molecule is CN(C[C@@H]1CCc2nc(C(F)(F)F)cn2C1)C(=O)Cn1ncn(C)c1=O. The number of rotatable bonds is 4. The highest BCUT2D eigenvalue weighted by Gasteiger charge is 2.36. The standard InChI is InChI=1S/C15H19F3N6O2/c1-21(13(25)8-24-14(26)22(2)9-19-24)5-10-3-4-12-20-11(15(16,17)18)7-23(12)6-10/h7,9-10H,3-6,8H2,1-2H3/t10-/m0/s1. The van der Waals surface area contributed by atoms with Gasteiger partial charge >= 0.3 is 11.9 Å². The van der Waals surface area contributed by atoms with Crippen LogP contribution >= 0.6 is 0 Å². The Hall–Kier alpha value is -2.59. The smallest absolute Gasteiger partial charge is 0.344 e. The van der Waals surface area contributed by atoms with Gasteiger partial charge in [-0.3, -0.25) is 9.36 Å². The van der Waals surface area contributed by atoms with E-state index in [4.69, 9.17) is 0 Å². The molecule has 3 rings (SSSR count). The molecule has 11 heteroatoms. The van der Waals surface area contributed by atoms with Crippen LogP contribution in [0.1, 0.15) is 17.9 Å². The predicted octanol–water partition coefficient (Wildman–Crippen LogP) is 0.518. The van der Waals surface area contributed by atoms with E-state index < -0.39 is 11.9 Å². The molecule has 3 heterocycles. The van der Waals surface area contributed by atoms with Crippen molar-refractivity contribution in [3.05, 3.63) is 34.5 Å². The molecule has 0 fully saturated rings. The summed E-state index contributed by atoms with van der Waals surface area (Å²) in [5.41, 5.74) is -1.26. The molecule has 0 radical (unpaired) electrons. The first-order chi connectivity index (χ1) is 12.1. The highest BCUT2D eigenvalue weighted by atomic mass is 19.4. The van der Waals surface area contributed by atoms with Gasteiger partial charge in [-0.15, -0.1) is 0 Å². The molecule has 1 aliphatic heterocycles. The largest absolute Gasteiger partial charge is 0.434 e. The highest BCUT2D eigenvalue weighted by Crippen LogP contribution is 2.30. The van der Waals surface area contributed by atoms with Gasteiger partial charge < -0.3 is 9.47 Å². The second-order valence-electron chi connectivity index (χ2n) is 6.55. The topological polar surface area (TPSA) is 78.0 Å². The van der Waals surface area contributed by atoms with Crippen LogP contribution in [0.4, 0.5) is 13.2 Å². The summed E-state index contributed by atoms with van der Waals surface area (Å²) in [5.74, 6) is 0.160. The monoisotopic (exact) mass is 372 g/mol. The molecule has 0 spiro atoms. The fourth-order valence-electron chi connectivity index (χ4n) is 3.07. The number of halogens is 3. The third-order valence-electron chi connectivity index (χ3n) is 4.51. The summed E-state index contributed by atoms with van der Waals surface area (Å²) in [6, 6.07) is 0. The number of aromatic nitrogens is 5. The molecule has 1 aliphatic rings. The number of carbonyl (C=O) groups is 1. The summed E-state index contributed by atoms with van der Waals surface area (Å²) >= 11 is 0. The maximum Gasteiger partial charge on any atom is 0.434 e. The Balaban J connectivity index is 1.61. The average Bonchev–Trinajstić information content (AvgIpc) is 3.12. The molecule has 142 valence electrons. The van der Waals surface area contributed by atoms with Crippen molar-refractivity contribution in [1.29, 1.82) is 0 Å². The number of carbonyl (C=O) groups excluding carboxylic acids is 1. The first-order valence-corrected chi connectivity index (χ1v) is 8.11. The van der Waals surface area contributed by atoms with Crippen molar-refractivity contribution in [2.75, 3.05) is 13.6 Å². The van der Waals surface area contributed by atoms with E-state index in [0.717, 1.165) is 10.9 Å². The Kier molecular flexibility index (Phi) is 4.63. The number of hydrogen-bond acceptors (Lipinski definition) is 4. The van der Waals surface area contributed by atoms with Crippen LogP contribution < -0.4 is 5.69 Å². The van der Waals surface area contributed by atoms with Gasteiger partial charge in [-0.2, -0.15) is 18.3 Å². The first-order valence-electron chi connectivity index (χ1n) is 8.11. The number of nitrogens with zero attached hydrogens (tertiary/aromatic N) is 6. The quantitative estimate of drug-likeness (QED) is 0.784. The summed E-state index contributed by atoms with van der Waals surface area (Å²) in [6.07, 6.45) is -1.02. The lowest BCUT2D eigenvalue weighted by Gasteiger charge is -2.28. The van der Waals surface area contributed by atoms with Gasteiger partial charge in [-0.1, -0.05) is 0 Å². The molecule has 0 N–H and O–H groups in total. The zero-order valence-electron chi connectivity index (χ0n) is 14.4. The zero-order chi connectivity index (χ0) is 19.1. The van der Waals surface area contributed by atoms with Crippen molar-refractivity contribution < 1.29 is 18.0 Å². The molecule has 2 aromatic rings. The third kappa shape index (κ3) is 3.65. The minimum atomic E-state index is -4.46. The predicted molar refractivity (Wildman–Crippen MR) is 84.1 cm³/mol. The molecular formula is C15H19F3N6O2. The van der Waals surface area contributed by atoms with Gasteiger partial charge in [0.1, 0.15) is 18.7 Å². The van der Waals surface area contributed by atoms with Crippen LogP contribution in [0, 0.1) is 5.92 Å². The molecule has 0 saturated heterocycles. The summed E-state index contributed by atoms with van der Waals surface area (Å²) in [6.45, 7) is 0.594. The molecule has 0 bridgehead atoms. The normalized spacial score (nSPS) is 17.2. The Morgan fingerprint density at radius 1 is 1.42 bits per heavy atom. The van der Waals surface area contributed by atoms with Crippen LogP contribution in [0.25, 0.3) is 0 Å². The molecule has 1 amide bonds. The molecule has 0 aliphatic carbocycles. The second-order valence-corrected chi connectivity index (χ2v) is 6.55. The lowest BCUT2D eigenvalue weighted by atomic mass is 9.99. The Morgan fingerprint density at radius 3 is 2.77 bits per heavy atom. The van der Waals surface area contributed by atoms with Gasteiger partial charge in [0.25, 0.3) is 0 Å². The number of aryl methyl sites for hydroxylation is 2. The van der Waals surface area contributed by atoms with E-state index >= 15 is 0 Å². The van der Waals surface area contributed by atoms with Crippen molar-refractivity contribution in [3.63, 3.8) is 0 Å².